The van der Waals surface area contributed by atoms with Gasteiger partial charge in [-0.2, -0.15) is 0 Å². The van der Waals surface area contributed by atoms with Gasteiger partial charge in [-0.25, -0.2) is 0 Å². The van der Waals surface area contributed by atoms with Crippen molar-refractivity contribution >= 4 is 46.1 Å². The fourth-order valence-corrected chi connectivity index (χ4v) is 1.17. The molecule has 0 aromatic heterocycles. The number of carbonyl (C=O) groups is 1. The average molecular weight is 204 g/mol. The van der Waals surface area contributed by atoms with E-state index >= 15 is 0 Å². The molecule has 0 radical (unpaired) electrons. The van der Waals surface area contributed by atoms with Crippen LogP contribution in [0.25, 0.3) is 0 Å². The molecule has 10 heavy (non-hydrogen) atoms. The second-order valence-electron chi connectivity index (χ2n) is 1.24. The summed E-state index contributed by atoms with van der Waals surface area (Å²) >= 11 is 10.3. The van der Waals surface area contributed by atoms with Gasteiger partial charge >= 0.3 is 35.5 Å². The van der Waals surface area contributed by atoms with Crippen molar-refractivity contribution in [3.63, 3.8) is 0 Å². The first-order valence-corrected chi connectivity index (χ1v) is 3.98. The van der Waals surface area contributed by atoms with Crippen LogP contribution >= 0.6 is 24.0 Å². The Hall–Kier alpha value is 1.13. The molecule has 1 N–H and O–H groups in total. The van der Waals surface area contributed by atoms with E-state index in [1.54, 1.807) is 0 Å². The molecular weight excluding hydrogens is 199 g/mol. The molecule has 0 aliphatic heterocycles. The first-order chi connectivity index (χ1) is 4.13. The molecule has 0 heterocycles. The van der Waals surface area contributed by atoms with E-state index in [2.05, 4.69) is 24.8 Å². The average Bonchev–Trinajstić information content (AvgIpc) is 1.63. The molecule has 2 nitrogen and oxygen atoms in total. The summed E-state index contributed by atoms with van der Waals surface area (Å²) in [5.74, 6) is -0.328. The summed E-state index contributed by atoms with van der Waals surface area (Å²) in [6.07, 6.45) is 0.126. The Balaban J connectivity index is 0. The molecule has 0 aliphatic rings. The van der Waals surface area contributed by atoms with Crippen molar-refractivity contribution in [3.05, 3.63) is 0 Å². The van der Waals surface area contributed by atoms with Crippen LogP contribution in [0.15, 0.2) is 0 Å². The molecule has 0 atom stereocenters. The number of hydrogen-bond acceptors (Lipinski definition) is 4. The Morgan fingerprint density at radius 1 is 1.70 bits per heavy atom. The molecular formula is C4H5NaO2S3. The Bertz CT molecular complexity index is 114. The minimum atomic E-state index is -0.811. The maximum Gasteiger partial charge on any atom is 1.00 e. The van der Waals surface area contributed by atoms with E-state index in [9.17, 15) is 4.79 Å². The zero-order chi connectivity index (χ0) is 7.28. The Morgan fingerprint density at radius 3 is 2.50 bits per heavy atom. The van der Waals surface area contributed by atoms with Crippen molar-refractivity contribution < 1.29 is 39.5 Å². The summed E-state index contributed by atoms with van der Waals surface area (Å²) in [5, 5.41) is 8.14. The minimum Gasteiger partial charge on any atom is -0.481 e. The van der Waals surface area contributed by atoms with Gasteiger partial charge in [-0.15, -0.1) is 11.8 Å². The van der Waals surface area contributed by atoms with Crippen molar-refractivity contribution in [1.29, 1.82) is 0 Å². The van der Waals surface area contributed by atoms with Crippen molar-refractivity contribution in [2.75, 3.05) is 5.75 Å². The van der Waals surface area contributed by atoms with Gasteiger partial charge in [-0.05, 0) is 0 Å². The number of thioether (sulfide) groups is 1. The third-order valence-electron chi connectivity index (χ3n) is 0.536. The van der Waals surface area contributed by atoms with Crippen LogP contribution < -0.4 is 29.6 Å². The van der Waals surface area contributed by atoms with Gasteiger partial charge in [0.15, 0.2) is 0 Å². The Kier molecular flexibility index (Phi) is 11.3. The molecule has 0 bridgehead atoms. The van der Waals surface area contributed by atoms with Gasteiger partial charge in [-0.3, -0.25) is 4.79 Å². The summed E-state index contributed by atoms with van der Waals surface area (Å²) in [5.41, 5.74) is 0. The first-order valence-electron chi connectivity index (χ1n) is 2.18. The monoisotopic (exact) mass is 204 g/mol. The zero-order valence-corrected chi connectivity index (χ0v) is 9.94. The number of hydrogen-bond donors (Lipinski definition) is 1. The number of thiocarbonyl (C=S) groups is 1. The van der Waals surface area contributed by atoms with E-state index in [0.29, 0.717) is 9.28 Å². The second-order valence-corrected chi connectivity index (χ2v) is 3.94. The van der Waals surface area contributed by atoms with Crippen molar-refractivity contribution in [2.45, 2.75) is 6.42 Å². The quantitative estimate of drug-likeness (QED) is 0.328. The third kappa shape index (κ3) is 11.9. The van der Waals surface area contributed by atoms with E-state index in [1.807, 2.05) is 0 Å². The predicted octanol–water partition coefficient (Wildman–Crippen LogP) is -1.97. The minimum absolute atomic E-state index is 0. The zero-order valence-electron chi connectivity index (χ0n) is 5.49. The van der Waals surface area contributed by atoms with Crippen LogP contribution in [-0.4, -0.2) is 20.4 Å². The SMILES string of the molecule is O=C(O)CCSC(=S)[S-].[Na+]. The molecule has 0 saturated carbocycles. The van der Waals surface area contributed by atoms with E-state index in [1.165, 1.54) is 11.8 Å². The summed E-state index contributed by atoms with van der Waals surface area (Å²) in [6, 6.07) is 0. The van der Waals surface area contributed by atoms with Crippen LogP contribution in [0.4, 0.5) is 0 Å². The van der Waals surface area contributed by atoms with E-state index in [4.69, 9.17) is 5.11 Å². The second kappa shape index (κ2) is 8.23. The van der Waals surface area contributed by atoms with Crippen LogP contribution in [0.2, 0.25) is 0 Å². The smallest absolute Gasteiger partial charge is 0.481 e. The first kappa shape index (κ1) is 13.7. The summed E-state index contributed by atoms with van der Waals surface area (Å²) in [7, 11) is 0. The molecule has 6 heteroatoms. The van der Waals surface area contributed by atoms with Crippen LogP contribution in [0.5, 0.6) is 0 Å². The molecule has 0 rings (SSSR count). The fraction of sp³-hybridized carbons (Fsp3) is 0.500. The van der Waals surface area contributed by atoms with E-state index in [0.717, 1.165) is 0 Å². The van der Waals surface area contributed by atoms with E-state index < -0.39 is 5.97 Å². The van der Waals surface area contributed by atoms with Crippen LogP contribution in [-0.2, 0) is 17.4 Å². The molecule has 52 valence electrons. The van der Waals surface area contributed by atoms with Crippen molar-refractivity contribution in [1.82, 2.24) is 0 Å². The number of aliphatic carboxylic acids is 1. The van der Waals surface area contributed by atoms with Gasteiger partial charge in [0.25, 0.3) is 0 Å². The third-order valence-corrected chi connectivity index (χ3v) is 1.89. The predicted molar refractivity (Wildman–Crippen MR) is 44.7 cm³/mol. The number of rotatable bonds is 3. The Labute approximate surface area is 96.8 Å². The summed E-state index contributed by atoms with van der Waals surface area (Å²) in [6.45, 7) is 0. The number of carboxylic acids is 1. The van der Waals surface area contributed by atoms with Gasteiger partial charge in [0, 0.05) is 5.75 Å². The maximum absolute atomic E-state index is 9.89. The molecule has 0 aliphatic carbocycles. The van der Waals surface area contributed by atoms with Crippen LogP contribution in [0.1, 0.15) is 6.42 Å². The summed E-state index contributed by atoms with van der Waals surface area (Å²) < 4.78 is 0.385. The van der Waals surface area contributed by atoms with Gasteiger partial charge in [0.1, 0.15) is 0 Å². The molecule has 0 amide bonds. The van der Waals surface area contributed by atoms with Crippen LogP contribution in [0.3, 0.4) is 0 Å². The largest absolute Gasteiger partial charge is 1.00 e. The normalized spacial score (nSPS) is 8.00. The van der Waals surface area contributed by atoms with Crippen molar-refractivity contribution in [3.8, 4) is 0 Å². The van der Waals surface area contributed by atoms with Gasteiger partial charge < -0.3 is 30.0 Å². The van der Waals surface area contributed by atoms with Gasteiger partial charge in [-0.1, -0.05) is 3.53 Å². The summed E-state index contributed by atoms with van der Waals surface area (Å²) in [4.78, 5) is 9.89. The molecule has 0 fully saturated rings. The molecule has 0 saturated heterocycles. The maximum atomic E-state index is 9.89. The van der Waals surface area contributed by atoms with E-state index in [-0.39, 0.29) is 36.0 Å². The van der Waals surface area contributed by atoms with Crippen molar-refractivity contribution in [2.24, 2.45) is 0 Å². The Morgan fingerprint density at radius 2 is 2.20 bits per heavy atom. The van der Waals surface area contributed by atoms with Gasteiger partial charge in [0.2, 0.25) is 0 Å². The van der Waals surface area contributed by atoms with Gasteiger partial charge in [0.05, 0.1) is 6.42 Å². The standard InChI is InChI=1S/C4H6O2S3.Na/c5-3(6)1-2-9-4(7)8;/h1-2H2,(H,5,6)(H,7,8);/q;+1/p-1. The number of carboxylic acid groups (broad SMARTS) is 1. The molecule has 0 aromatic carbocycles. The molecule has 0 unspecified atom stereocenters. The van der Waals surface area contributed by atoms with Crippen LogP contribution in [0, 0.1) is 0 Å². The fourth-order valence-electron chi connectivity index (χ4n) is 0.222. The topological polar surface area (TPSA) is 37.3 Å². The molecule has 0 spiro atoms. The molecule has 0 aromatic rings.